The van der Waals surface area contributed by atoms with Gasteiger partial charge in [0.25, 0.3) is 0 Å². The van der Waals surface area contributed by atoms with Crippen LogP contribution in [0, 0.1) is 12.2 Å². The lowest BCUT2D eigenvalue weighted by Crippen LogP contribution is -1.84. The zero-order valence-electron chi connectivity index (χ0n) is 5.13. The van der Waals surface area contributed by atoms with Crippen molar-refractivity contribution in [2.24, 2.45) is 0 Å². The molecule has 9 heavy (non-hydrogen) atoms. The summed E-state index contributed by atoms with van der Waals surface area (Å²) in [6.45, 7) is 1.78. The van der Waals surface area contributed by atoms with Crippen molar-refractivity contribution in [2.75, 3.05) is 0 Å². The van der Waals surface area contributed by atoms with Gasteiger partial charge in [-0.25, -0.2) is 4.39 Å². The monoisotopic (exact) mass is 124 g/mol. The van der Waals surface area contributed by atoms with E-state index in [0.717, 1.165) is 0 Å². The molecule has 0 saturated heterocycles. The maximum Gasteiger partial charge on any atom is 0.129 e. The van der Waals surface area contributed by atoms with Crippen LogP contribution in [0.3, 0.4) is 0 Å². The van der Waals surface area contributed by atoms with Crippen molar-refractivity contribution in [2.45, 2.75) is 6.92 Å². The van der Waals surface area contributed by atoms with Gasteiger partial charge in [0.15, 0.2) is 0 Å². The van der Waals surface area contributed by atoms with Crippen molar-refractivity contribution in [1.82, 2.24) is 4.98 Å². The van der Waals surface area contributed by atoms with Crippen LogP contribution in [0.25, 0.3) is 0 Å². The maximum absolute atomic E-state index is 12.5. The molecule has 0 atom stereocenters. The zero-order chi connectivity index (χ0) is 6.69. The van der Waals surface area contributed by atoms with E-state index < -0.39 is 0 Å². The maximum atomic E-state index is 12.5. The first-order valence-corrected chi connectivity index (χ1v) is 2.73. The molecule has 0 unspecified atom stereocenters. The van der Waals surface area contributed by atoms with Crippen LogP contribution in [-0.4, -0.2) is 4.98 Å². The summed E-state index contributed by atoms with van der Waals surface area (Å²) < 4.78 is 12.5. The van der Waals surface area contributed by atoms with Gasteiger partial charge in [0, 0.05) is 18.0 Å². The minimum atomic E-state index is -0.215. The van der Waals surface area contributed by atoms with Gasteiger partial charge in [-0.3, -0.25) is 4.98 Å². The summed E-state index contributed by atoms with van der Waals surface area (Å²) in [5.74, 6) is -0.215. The summed E-state index contributed by atoms with van der Waals surface area (Å²) in [5.41, 5.74) is 0.553. The average molecular weight is 124 g/mol. The van der Waals surface area contributed by atoms with E-state index in [1.165, 1.54) is 18.5 Å². The number of halogens is 1. The number of hydrogen-bond donors (Lipinski definition) is 0. The quantitative estimate of drug-likeness (QED) is 0.556. The smallest absolute Gasteiger partial charge is 0.129 e. The van der Waals surface area contributed by atoms with Crippen LogP contribution in [0.15, 0.2) is 18.5 Å². The van der Waals surface area contributed by atoms with Crippen molar-refractivity contribution < 1.29 is 4.39 Å². The summed E-state index contributed by atoms with van der Waals surface area (Å²) in [6, 6.07) is 1.34. The molecule has 0 bridgehead atoms. The molecule has 0 saturated carbocycles. The van der Waals surface area contributed by atoms with Crippen molar-refractivity contribution in [3.63, 3.8) is 0 Å². The molecule has 1 radical (unpaired) electrons. The number of pyridine rings is 1. The first-order chi connectivity index (χ1) is 4.34. The van der Waals surface area contributed by atoms with Gasteiger partial charge in [0.05, 0.1) is 0 Å². The van der Waals surface area contributed by atoms with Crippen LogP contribution in [0.5, 0.6) is 0 Å². The largest absolute Gasteiger partial charge is 0.264 e. The minimum Gasteiger partial charge on any atom is -0.264 e. The summed E-state index contributed by atoms with van der Waals surface area (Å²) in [7, 11) is 0. The van der Waals surface area contributed by atoms with Gasteiger partial charge in [-0.1, -0.05) is 6.92 Å². The highest BCUT2D eigenvalue weighted by atomic mass is 19.1. The Balaban J connectivity index is 3.01. The third-order valence-corrected chi connectivity index (χ3v) is 1.11. The number of rotatable bonds is 1. The standard InChI is InChI=1S/C7H7FN/c1-2-6-5-9-4-3-7(6)8/h2-5H,1H3. The van der Waals surface area contributed by atoms with Crippen molar-refractivity contribution in [3.8, 4) is 0 Å². The zero-order valence-corrected chi connectivity index (χ0v) is 5.13. The second-order valence-electron chi connectivity index (χ2n) is 1.69. The molecule has 1 rings (SSSR count). The molecule has 1 nitrogen and oxygen atoms in total. The van der Waals surface area contributed by atoms with E-state index >= 15 is 0 Å². The topological polar surface area (TPSA) is 12.9 Å². The Bertz CT molecular complexity index is 198. The van der Waals surface area contributed by atoms with E-state index in [4.69, 9.17) is 0 Å². The lowest BCUT2D eigenvalue weighted by molar-refractivity contribution is 0.618. The average Bonchev–Trinajstić information content (AvgIpc) is 1.89. The summed E-state index contributed by atoms with van der Waals surface area (Å²) in [5, 5.41) is 0. The molecule has 0 spiro atoms. The Morgan fingerprint density at radius 1 is 1.67 bits per heavy atom. The lowest BCUT2D eigenvalue weighted by atomic mass is 10.2. The Morgan fingerprint density at radius 2 is 2.44 bits per heavy atom. The van der Waals surface area contributed by atoms with Crippen LogP contribution < -0.4 is 0 Å². The van der Waals surface area contributed by atoms with E-state index in [-0.39, 0.29) is 5.82 Å². The van der Waals surface area contributed by atoms with E-state index in [0.29, 0.717) is 5.56 Å². The molecule has 47 valence electrons. The molecule has 1 aromatic heterocycles. The Labute approximate surface area is 53.5 Å². The first kappa shape index (κ1) is 6.20. The third kappa shape index (κ3) is 1.25. The highest BCUT2D eigenvalue weighted by Crippen LogP contribution is 2.04. The van der Waals surface area contributed by atoms with Crippen LogP contribution in [0.2, 0.25) is 0 Å². The van der Waals surface area contributed by atoms with E-state index in [1.54, 1.807) is 13.3 Å². The fraction of sp³-hybridized carbons (Fsp3) is 0.143. The van der Waals surface area contributed by atoms with Crippen LogP contribution in [-0.2, 0) is 0 Å². The molecule has 0 aliphatic carbocycles. The predicted octanol–water partition coefficient (Wildman–Crippen LogP) is 1.79. The van der Waals surface area contributed by atoms with Crippen molar-refractivity contribution in [3.05, 3.63) is 36.3 Å². The van der Waals surface area contributed by atoms with Crippen LogP contribution >= 0.6 is 0 Å². The number of nitrogens with zero attached hydrogens (tertiary/aromatic N) is 1. The molecular formula is C7H7FN. The fourth-order valence-corrected chi connectivity index (χ4v) is 0.602. The lowest BCUT2D eigenvalue weighted by Gasteiger charge is -1.93. The Kier molecular flexibility index (Phi) is 1.78. The van der Waals surface area contributed by atoms with Crippen LogP contribution in [0.1, 0.15) is 12.5 Å². The fourth-order valence-electron chi connectivity index (χ4n) is 0.602. The van der Waals surface area contributed by atoms with Gasteiger partial charge in [0.1, 0.15) is 5.82 Å². The molecule has 0 aliphatic rings. The van der Waals surface area contributed by atoms with E-state index in [1.807, 2.05) is 0 Å². The number of aromatic nitrogens is 1. The van der Waals surface area contributed by atoms with E-state index in [9.17, 15) is 4.39 Å². The van der Waals surface area contributed by atoms with Gasteiger partial charge >= 0.3 is 0 Å². The SMILES string of the molecule is C[CH]c1cnccc1F. The highest BCUT2D eigenvalue weighted by Gasteiger charge is 1.95. The molecule has 2 heteroatoms. The molecule has 1 heterocycles. The Hall–Kier alpha value is -0.920. The van der Waals surface area contributed by atoms with E-state index in [2.05, 4.69) is 4.98 Å². The molecule has 1 aromatic rings. The van der Waals surface area contributed by atoms with Gasteiger partial charge in [0.2, 0.25) is 0 Å². The molecule has 0 aliphatic heterocycles. The van der Waals surface area contributed by atoms with Gasteiger partial charge < -0.3 is 0 Å². The van der Waals surface area contributed by atoms with Gasteiger partial charge in [-0.05, 0) is 12.5 Å². The molecule has 0 aromatic carbocycles. The molecule has 0 fully saturated rings. The molecule has 0 amide bonds. The highest BCUT2D eigenvalue weighted by molar-refractivity contribution is 5.18. The summed E-state index contributed by atoms with van der Waals surface area (Å²) >= 11 is 0. The minimum absolute atomic E-state index is 0.215. The summed E-state index contributed by atoms with van der Waals surface area (Å²) in [4.78, 5) is 3.75. The molecular weight excluding hydrogens is 117 g/mol. The van der Waals surface area contributed by atoms with Crippen LogP contribution in [0.4, 0.5) is 4.39 Å². The summed E-state index contributed by atoms with van der Waals surface area (Å²) in [6.07, 6.45) is 4.61. The Morgan fingerprint density at radius 3 is 2.89 bits per heavy atom. The molecule has 0 N–H and O–H groups in total. The number of hydrogen-bond acceptors (Lipinski definition) is 1. The normalized spacial score (nSPS) is 9.56. The van der Waals surface area contributed by atoms with Gasteiger partial charge in [-0.15, -0.1) is 0 Å². The second-order valence-corrected chi connectivity index (χ2v) is 1.69. The van der Waals surface area contributed by atoms with Crippen molar-refractivity contribution in [1.29, 1.82) is 0 Å². The van der Waals surface area contributed by atoms with Gasteiger partial charge in [-0.2, -0.15) is 0 Å². The van der Waals surface area contributed by atoms with Crippen molar-refractivity contribution >= 4 is 0 Å². The third-order valence-electron chi connectivity index (χ3n) is 1.11. The first-order valence-electron chi connectivity index (χ1n) is 2.73. The second kappa shape index (κ2) is 2.58. The predicted molar refractivity (Wildman–Crippen MR) is 33.3 cm³/mol.